The second-order valence-electron chi connectivity index (χ2n) is 8.59. The van der Waals surface area contributed by atoms with E-state index in [4.69, 9.17) is 16.6 Å². The number of hydrogen-bond donors (Lipinski definition) is 2. The summed E-state index contributed by atoms with van der Waals surface area (Å²) >= 11 is 6.07. The van der Waals surface area contributed by atoms with Crippen molar-refractivity contribution in [3.05, 3.63) is 74.7 Å². The van der Waals surface area contributed by atoms with Gasteiger partial charge in [-0.15, -0.1) is 0 Å². The maximum absolute atomic E-state index is 14.0. The number of aromatic nitrogens is 4. The maximum Gasteiger partial charge on any atom is 0.326 e. The molecule has 1 aliphatic heterocycles. The monoisotopic (exact) mass is 453 g/mol. The number of benzene rings is 2. The maximum atomic E-state index is 14.0. The van der Waals surface area contributed by atoms with Crippen molar-refractivity contribution in [2.75, 3.05) is 13.1 Å². The minimum absolute atomic E-state index is 0.0844. The van der Waals surface area contributed by atoms with Crippen LogP contribution < -0.4 is 5.69 Å². The molecule has 166 valence electrons. The Morgan fingerprint density at radius 3 is 2.66 bits per heavy atom. The molecule has 3 heterocycles. The summed E-state index contributed by atoms with van der Waals surface area (Å²) in [6, 6.07) is 10.9. The molecule has 0 atom stereocenters. The quantitative estimate of drug-likeness (QED) is 0.458. The molecule has 1 fully saturated rings. The zero-order chi connectivity index (χ0) is 22.4. The van der Waals surface area contributed by atoms with E-state index >= 15 is 0 Å². The second kappa shape index (κ2) is 8.22. The molecule has 2 N–H and O–H groups in total. The van der Waals surface area contributed by atoms with Crippen LogP contribution in [0.1, 0.15) is 35.8 Å². The largest absolute Gasteiger partial charge is 0.342 e. The SMILES string of the molecule is Cc1ccc(-c2nc(CN3CCC(n4c(=O)[nH]c5cc(Cl)ccc54)CC3)c(C)[nH]2)cc1F. The van der Waals surface area contributed by atoms with Crippen LogP contribution in [-0.4, -0.2) is 37.5 Å². The number of nitrogens with zero attached hydrogens (tertiary/aromatic N) is 3. The van der Waals surface area contributed by atoms with E-state index in [2.05, 4.69) is 14.9 Å². The van der Waals surface area contributed by atoms with Crippen molar-refractivity contribution < 1.29 is 4.39 Å². The van der Waals surface area contributed by atoms with E-state index in [1.807, 2.05) is 29.7 Å². The van der Waals surface area contributed by atoms with Crippen LogP contribution in [0.25, 0.3) is 22.4 Å². The van der Waals surface area contributed by atoms with Crippen LogP contribution in [0, 0.1) is 19.7 Å². The molecular weight excluding hydrogens is 429 g/mol. The highest BCUT2D eigenvalue weighted by molar-refractivity contribution is 6.31. The molecule has 2 aromatic heterocycles. The fourth-order valence-corrected chi connectivity index (χ4v) is 4.71. The smallest absolute Gasteiger partial charge is 0.326 e. The van der Waals surface area contributed by atoms with E-state index in [-0.39, 0.29) is 17.5 Å². The first kappa shape index (κ1) is 21.0. The van der Waals surface area contributed by atoms with Crippen molar-refractivity contribution in [1.82, 2.24) is 24.4 Å². The van der Waals surface area contributed by atoms with E-state index in [0.717, 1.165) is 60.5 Å². The summed E-state index contributed by atoms with van der Waals surface area (Å²) in [6.07, 6.45) is 1.77. The first-order chi connectivity index (χ1) is 15.4. The zero-order valence-electron chi connectivity index (χ0n) is 18.1. The van der Waals surface area contributed by atoms with Crippen molar-refractivity contribution in [3.8, 4) is 11.4 Å². The van der Waals surface area contributed by atoms with E-state index in [1.165, 1.54) is 6.07 Å². The Hall–Kier alpha value is -2.90. The topological polar surface area (TPSA) is 69.7 Å². The first-order valence-electron chi connectivity index (χ1n) is 10.8. The van der Waals surface area contributed by atoms with Gasteiger partial charge in [-0.25, -0.2) is 14.2 Å². The summed E-state index contributed by atoms with van der Waals surface area (Å²) in [5.41, 5.74) is 4.93. The molecule has 0 amide bonds. The van der Waals surface area contributed by atoms with Crippen LogP contribution in [0.3, 0.4) is 0 Å². The number of aromatic amines is 2. The van der Waals surface area contributed by atoms with Gasteiger partial charge in [-0.3, -0.25) is 9.47 Å². The van der Waals surface area contributed by atoms with E-state index in [1.54, 1.807) is 19.1 Å². The molecule has 1 saturated heterocycles. The Bertz CT molecular complexity index is 1350. The van der Waals surface area contributed by atoms with Crippen molar-refractivity contribution in [3.63, 3.8) is 0 Å². The molecule has 0 saturated carbocycles. The van der Waals surface area contributed by atoms with E-state index in [0.29, 0.717) is 16.4 Å². The molecule has 0 bridgehead atoms. The normalized spacial score (nSPS) is 15.6. The van der Waals surface area contributed by atoms with Crippen molar-refractivity contribution in [1.29, 1.82) is 0 Å². The molecule has 0 radical (unpaired) electrons. The number of rotatable bonds is 4. The van der Waals surface area contributed by atoms with E-state index in [9.17, 15) is 9.18 Å². The first-order valence-corrected chi connectivity index (χ1v) is 11.2. The highest BCUT2D eigenvalue weighted by Crippen LogP contribution is 2.28. The van der Waals surface area contributed by atoms with Gasteiger partial charge in [-0.2, -0.15) is 0 Å². The molecule has 1 aliphatic rings. The lowest BCUT2D eigenvalue weighted by atomic mass is 10.0. The van der Waals surface area contributed by atoms with Gasteiger partial charge in [0.05, 0.1) is 16.7 Å². The summed E-state index contributed by atoms with van der Waals surface area (Å²) in [5, 5.41) is 0.614. The van der Waals surface area contributed by atoms with Gasteiger partial charge in [0.1, 0.15) is 11.6 Å². The Morgan fingerprint density at radius 2 is 1.91 bits per heavy atom. The van der Waals surface area contributed by atoms with Crippen molar-refractivity contribution >= 4 is 22.6 Å². The number of hydrogen-bond acceptors (Lipinski definition) is 3. The van der Waals surface area contributed by atoms with Crippen molar-refractivity contribution in [2.24, 2.45) is 0 Å². The highest BCUT2D eigenvalue weighted by Gasteiger charge is 2.24. The number of halogens is 2. The van der Waals surface area contributed by atoms with Gasteiger partial charge in [0.15, 0.2) is 0 Å². The van der Waals surface area contributed by atoms with Crippen LogP contribution in [0.5, 0.6) is 0 Å². The van der Waals surface area contributed by atoms with Crippen LogP contribution in [-0.2, 0) is 6.54 Å². The standard InChI is InChI=1S/C24H25ClFN5O/c1-14-3-4-16(11-19(14)26)23-27-15(2)21(28-23)13-30-9-7-18(8-10-30)31-22-6-5-17(25)12-20(22)29-24(31)32/h3-6,11-12,18H,7-10,13H2,1-2H3,(H,27,28)(H,29,32). The predicted molar refractivity (Wildman–Crippen MR) is 125 cm³/mol. The van der Waals surface area contributed by atoms with Gasteiger partial charge in [0, 0.05) is 42.0 Å². The number of likely N-dealkylation sites (tertiary alicyclic amines) is 1. The summed E-state index contributed by atoms with van der Waals surface area (Å²) in [7, 11) is 0. The third-order valence-electron chi connectivity index (χ3n) is 6.40. The van der Waals surface area contributed by atoms with E-state index < -0.39 is 0 Å². The number of piperidine rings is 1. The third kappa shape index (κ3) is 3.87. The number of H-pyrrole nitrogens is 2. The third-order valence-corrected chi connectivity index (χ3v) is 6.64. The molecule has 32 heavy (non-hydrogen) atoms. The molecule has 0 unspecified atom stereocenters. The summed E-state index contributed by atoms with van der Waals surface area (Å²) < 4.78 is 15.8. The van der Waals surface area contributed by atoms with Gasteiger partial charge < -0.3 is 9.97 Å². The molecule has 0 aliphatic carbocycles. The Balaban J connectivity index is 1.29. The lowest BCUT2D eigenvalue weighted by molar-refractivity contribution is 0.178. The fourth-order valence-electron chi connectivity index (χ4n) is 4.54. The van der Waals surface area contributed by atoms with Gasteiger partial charge in [0.2, 0.25) is 0 Å². The second-order valence-corrected chi connectivity index (χ2v) is 9.03. The molecule has 8 heteroatoms. The molecule has 0 spiro atoms. The average Bonchev–Trinajstić information content (AvgIpc) is 3.29. The number of aryl methyl sites for hydroxylation is 2. The van der Waals surface area contributed by atoms with Gasteiger partial charge in [-0.05, 0) is 56.5 Å². The molecule has 5 rings (SSSR count). The lowest BCUT2D eigenvalue weighted by Gasteiger charge is -2.32. The molecule has 2 aromatic carbocycles. The van der Waals surface area contributed by atoms with Crippen LogP contribution >= 0.6 is 11.6 Å². The minimum atomic E-state index is -0.227. The Kier molecular flexibility index (Phi) is 5.39. The fraction of sp³-hybridized carbons (Fsp3) is 0.333. The lowest BCUT2D eigenvalue weighted by Crippen LogP contribution is -2.36. The Morgan fingerprint density at radius 1 is 1.12 bits per heavy atom. The summed E-state index contributed by atoms with van der Waals surface area (Å²) in [6.45, 7) is 6.22. The van der Waals surface area contributed by atoms with Crippen molar-refractivity contribution in [2.45, 2.75) is 39.3 Å². The van der Waals surface area contributed by atoms with Crippen LogP contribution in [0.4, 0.5) is 4.39 Å². The highest BCUT2D eigenvalue weighted by atomic mass is 35.5. The Labute approximate surface area is 190 Å². The van der Waals surface area contributed by atoms with Gasteiger partial charge in [0.25, 0.3) is 0 Å². The zero-order valence-corrected chi connectivity index (χ0v) is 18.8. The molecule has 4 aromatic rings. The van der Waals surface area contributed by atoms with Gasteiger partial charge in [-0.1, -0.05) is 23.7 Å². The summed E-state index contributed by atoms with van der Waals surface area (Å²) in [5.74, 6) is 0.463. The summed E-state index contributed by atoms with van der Waals surface area (Å²) in [4.78, 5) is 25.9. The number of imidazole rings is 2. The van der Waals surface area contributed by atoms with Crippen LogP contribution in [0.2, 0.25) is 5.02 Å². The average molecular weight is 454 g/mol. The van der Waals surface area contributed by atoms with Gasteiger partial charge >= 0.3 is 5.69 Å². The predicted octanol–water partition coefficient (Wildman–Crippen LogP) is 4.97. The number of fused-ring (bicyclic) bond motifs is 1. The van der Waals surface area contributed by atoms with Crippen LogP contribution in [0.15, 0.2) is 41.2 Å². The molecule has 6 nitrogen and oxygen atoms in total. The number of nitrogens with one attached hydrogen (secondary N) is 2. The minimum Gasteiger partial charge on any atom is -0.342 e. The molecular formula is C24H25ClFN5O.